The van der Waals surface area contributed by atoms with Crippen molar-refractivity contribution in [2.45, 2.75) is 32.1 Å². The van der Waals surface area contributed by atoms with E-state index in [1.54, 1.807) is 18.2 Å². The average molecular weight is 544 g/mol. The van der Waals surface area contributed by atoms with E-state index >= 15 is 0 Å². The van der Waals surface area contributed by atoms with Gasteiger partial charge < -0.3 is 4.90 Å². The minimum atomic E-state index is -0.282. The lowest BCUT2D eigenvalue weighted by Crippen LogP contribution is -2.34. The van der Waals surface area contributed by atoms with Crippen LogP contribution in [0.3, 0.4) is 0 Å². The molecule has 0 radical (unpaired) electrons. The van der Waals surface area contributed by atoms with E-state index in [2.05, 4.69) is 36.9 Å². The second kappa shape index (κ2) is 9.10. The SMILES string of the molecule is CCC1(CC)c2ccccc2N(c2ccc(C=C3C(=O)c4cc5ccccc5cc4C3=O)s2)c2cc(F)ccc21. The van der Waals surface area contributed by atoms with Gasteiger partial charge in [-0.2, -0.15) is 0 Å². The molecule has 1 aliphatic heterocycles. The maximum absolute atomic E-state index is 14.7. The minimum absolute atomic E-state index is 0.181. The van der Waals surface area contributed by atoms with Gasteiger partial charge in [0.15, 0.2) is 11.6 Å². The molecule has 0 bridgehead atoms. The second-order valence-corrected chi connectivity index (χ2v) is 11.5. The Kier molecular flexibility index (Phi) is 5.62. The number of Topliss-reactive ketones (excluding diaryl/α,β-unsaturated/α-hetero) is 2. The van der Waals surface area contributed by atoms with Crippen LogP contribution in [0.5, 0.6) is 0 Å². The first-order valence-electron chi connectivity index (χ1n) is 13.6. The quantitative estimate of drug-likeness (QED) is 0.167. The van der Waals surface area contributed by atoms with E-state index < -0.39 is 0 Å². The van der Waals surface area contributed by atoms with Gasteiger partial charge in [-0.15, -0.1) is 11.3 Å². The highest BCUT2D eigenvalue weighted by Crippen LogP contribution is 2.55. The Balaban J connectivity index is 1.33. The van der Waals surface area contributed by atoms with E-state index in [9.17, 15) is 14.0 Å². The molecule has 40 heavy (non-hydrogen) atoms. The molecule has 0 atom stereocenters. The van der Waals surface area contributed by atoms with Crippen molar-refractivity contribution in [1.29, 1.82) is 0 Å². The van der Waals surface area contributed by atoms with Gasteiger partial charge in [0.05, 0.1) is 16.9 Å². The van der Waals surface area contributed by atoms with Crippen molar-refractivity contribution in [2.24, 2.45) is 0 Å². The van der Waals surface area contributed by atoms with Crippen molar-refractivity contribution in [3.63, 3.8) is 0 Å². The van der Waals surface area contributed by atoms with Crippen LogP contribution in [-0.4, -0.2) is 11.6 Å². The van der Waals surface area contributed by atoms with Crippen molar-refractivity contribution in [2.75, 3.05) is 4.90 Å². The molecule has 4 aromatic carbocycles. The van der Waals surface area contributed by atoms with E-state index in [1.165, 1.54) is 16.9 Å². The number of nitrogens with zero attached hydrogens (tertiary/aromatic N) is 1. The summed E-state index contributed by atoms with van der Waals surface area (Å²) in [4.78, 5) is 29.6. The van der Waals surface area contributed by atoms with Gasteiger partial charge in [0.25, 0.3) is 0 Å². The fraction of sp³-hybridized carbons (Fsp3) is 0.143. The van der Waals surface area contributed by atoms with Crippen LogP contribution in [0.4, 0.5) is 20.8 Å². The molecule has 0 saturated heterocycles. The zero-order valence-corrected chi connectivity index (χ0v) is 23.0. The fourth-order valence-corrected chi connectivity index (χ4v) is 7.49. The molecule has 0 spiro atoms. The number of hydrogen-bond donors (Lipinski definition) is 0. The number of halogens is 1. The first-order chi connectivity index (χ1) is 19.4. The van der Waals surface area contributed by atoms with Crippen LogP contribution in [0.2, 0.25) is 0 Å². The molecular weight excluding hydrogens is 517 g/mol. The highest BCUT2D eigenvalue weighted by Gasteiger charge is 2.41. The van der Waals surface area contributed by atoms with E-state index in [4.69, 9.17) is 0 Å². The molecule has 1 aliphatic carbocycles. The van der Waals surface area contributed by atoms with Gasteiger partial charge in [-0.05, 0) is 83.3 Å². The van der Waals surface area contributed by atoms with E-state index in [0.717, 1.165) is 50.4 Å². The molecule has 196 valence electrons. The summed E-state index contributed by atoms with van der Waals surface area (Å²) in [6, 6.07) is 28.7. The Morgan fingerprint density at radius 2 is 1.38 bits per heavy atom. The highest BCUT2D eigenvalue weighted by atomic mass is 32.1. The lowest BCUT2D eigenvalue weighted by molar-refractivity contribution is 0.0990. The molecule has 5 aromatic rings. The standard InChI is InChI=1S/C35H26FNO2S/c1-3-35(4-2)28-11-7-8-12-30(28)37(31-19-23(36)13-15-29(31)35)32-16-14-24(40-32)20-27-33(38)25-17-21-9-5-6-10-22(21)18-26(25)34(27)39/h5-20H,3-4H2,1-2H3. The summed E-state index contributed by atoms with van der Waals surface area (Å²) >= 11 is 1.48. The molecule has 3 nitrogen and oxygen atoms in total. The molecule has 5 heteroatoms. The number of anilines is 3. The predicted molar refractivity (Wildman–Crippen MR) is 161 cm³/mol. The molecule has 1 aromatic heterocycles. The van der Waals surface area contributed by atoms with Gasteiger partial charge in [-0.25, -0.2) is 4.39 Å². The van der Waals surface area contributed by atoms with Gasteiger partial charge in [0.1, 0.15) is 10.8 Å². The van der Waals surface area contributed by atoms with Crippen molar-refractivity contribution < 1.29 is 14.0 Å². The lowest BCUT2D eigenvalue weighted by atomic mass is 9.67. The number of benzene rings is 4. The Bertz CT molecular complexity index is 1840. The van der Waals surface area contributed by atoms with Crippen LogP contribution in [0.1, 0.15) is 63.4 Å². The Morgan fingerprint density at radius 1 is 0.750 bits per heavy atom. The fourth-order valence-electron chi connectivity index (χ4n) is 6.51. The molecule has 0 amide bonds. The third-order valence-electron chi connectivity index (χ3n) is 8.57. The van der Waals surface area contributed by atoms with E-state index in [1.807, 2.05) is 60.7 Å². The number of ketones is 2. The summed E-state index contributed by atoms with van der Waals surface area (Å²) in [5.41, 5.74) is 5.06. The number of hydrogen-bond acceptors (Lipinski definition) is 4. The number of carbonyl (C=O) groups excluding carboxylic acids is 2. The maximum Gasteiger partial charge on any atom is 0.197 e. The molecular formula is C35H26FNO2S. The molecule has 0 fully saturated rings. The molecule has 2 heterocycles. The monoisotopic (exact) mass is 543 g/mol. The van der Waals surface area contributed by atoms with Crippen molar-refractivity contribution in [3.05, 3.63) is 130 Å². The van der Waals surface area contributed by atoms with Crippen molar-refractivity contribution >= 4 is 56.1 Å². The van der Waals surface area contributed by atoms with Crippen molar-refractivity contribution in [1.82, 2.24) is 0 Å². The number of thiophene rings is 1. The predicted octanol–water partition coefficient (Wildman–Crippen LogP) is 9.39. The number of rotatable bonds is 4. The lowest BCUT2D eigenvalue weighted by Gasteiger charge is -2.44. The average Bonchev–Trinajstić information content (AvgIpc) is 3.53. The van der Waals surface area contributed by atoms with Crippen molar-refractivity contribution in [3.8, 4) is 0 Å². The van der Waals surface area contributed by atoms with Crippen LogP contribution in [0.25, 0.3) is 16.8 Å². The van der Waals surface area contributed by atoms with E-state index in [-0.39, 0.29) is 28.4 Å². The number of allylic oxidation sites excluding steroid dienone is 1. The summed E-state index contributed by atoms with van der Waals surface area (Å²) in [5.74, 6) is -0.769. The molecule has 2 aliphatic rings. The van der Waals surface area contributed by atoms with Crippen LogP contribution in [0.15, 0.2) is 96.6 Å². The number of para-hydroxylation sites is 1. The summed E-state index contributed by atoms with van der Waals surface area (Å²) in [7, 11) is 0. The minimum Gasteiger partial charge on any atom is -0.301 e. The zero-order chi connectivity index (χ0) is 27.6. The van der Waals surface area contributed by atoms with Gasteiger partial charge in [-0.1, -0.05) is 62.4 Å². The summed E-state index contributed by atoms with van der Waals surface area (Å²) < 4.78 is 14.7. The van der Waals surface area contributed by atoms with Crippen LogP contribution in [0, 0.1) is 5.82 Å². The normalized spacial score (nSPS) is 15.3. The molecule has 0 unspecified atom stereocenters. The van der Waals surface area contributed by atoms with Gasteiger partial charge in [0.2, 0.25) is 0 Å². The van der Waals surface area contributed by atoms with Gasteiger partial charge >= 0.3 is 0 Å². The maximum atomic E-state index is 14.7. The highest BCUT2D eigenvalue weighted by molar-refractivity contribution is 7.17. The van der Waals surface area contributed by atoms with Crippen LogP contribution in [-0.2, 0) is 5.41 Å². The molecule has 7 rings (SSSR count). The summed E-state index contributed by atoms with van der Waals surface area (Å²) in [6.07, 6.45) is 3.50. The smallest absolute Gasteiger partial charge is 0.197 e. The largest absolute Gasteiger partial charge is 0.301 e. The molecule has 0 N–H and O–H groups in total. The number of fused-ring (bicyclic) bond motifs is 4. The second-order valence-electron chi connectivity index (χ2n) is 10.4. The topological polar surface area (TPSA) is 37.4 Å². The van der Waals surface area contributed by atoms with E-state index in [0.29, 0.717) is 11.1 Å². The van der Waals surface area contributed by atoms with Crippen LogP contribution < -0.4 is 4.90 Å². The van der Waals surface area contributed by atoms with Gasteiger partial charge in [0, 0.05) is 21.4 Å². The van der Waals surface area contributed by atoms with Crippen LogP contribution >= 0.6 is 11.3 Å². The molecule has 0 saturated carbocycles. The Labute approximate surface area is 236 Å². The Hall–Kier alpha value is -4.35. The summed E-state index contributed by atoms with van der Waals surface area (Å²) in [5, 5.41) is 2.77. The summed E-state index contributed by atoms with van der Waals surface area (Å²) in [6.45, 7) is 4.38. The first-order valence-corrected chi connectivity index (χ1v) is 14.4. The van der Waals surface area contributed by atoms with Gasteiger partial charge in [-0.3, -0.25) is 9.59 Å². The first kappa shape index (κ1) is 24.7. The third kappa shape index (κ3) is 3.47. The Morgan fingerprint density at radius 3 is 2.05 bits per heavy atom. The number of carbonyl (C=O) groups is 2. The zero-order valence-electron chi connectivity index (χ0n) is 22.2. The third-order valence-corrected chi connectivity index (χ3v) is 9.59.